The van der Waals surface area contributed by atoms with Gasteiger partial charge in [-0.25, -0.2) is 19.2 Å². The number of nitrogens with zero attached hydrogens (tertiary/aromatic N) is 4. The number of benzene rings is 1. The van der Waals surface area contributed by atoms with Crippen molar-refractivity contribution < 1.29 is 51.7 Å². The van der Waals surface area contributed by atoms with E-state index < -0.39 is 86.1 Å². The van der Waals surface area contributed by atoms with Crippen LogP contribution in [0.2, 0.25) is 0 Å². The maximum absolute atomic E-state index is 14.7. The molecule has 2 aliphatic carbocycles. The number of hydrogen-bond acceptors (Lipinski definition) is 15. The first-order valence-corrected chi connectivity index (χ1v) is 21.3. The fourth-order valence-corrected chi connectivity index (χ4v) is 9.49. The normalized spacial score (nSPS) is 24.6. The molecule has 2 saturated carbocycles. The third-order valence-corrected chi connectivity index (χ3v) is 12.6. The molecule has 312 valence electrons. The smallest absolute Gasteiger partial charge is 0.459 e. The Kier molecular flexibility index (Phi) is 13.2. The van der Waals surface area contributed by atoms with Gasteiger partial charge in [0.1, 0.15) is 41.7 Å². The monoisotopic (exact) mass is 822 g/mol. The maximum Gasteiger partial charge on any atom is 0.459 e. The summed E-state index contributed by atoms with van der Waals surface area (Å²) in [5, 5.41) is 17.8. The van der Waals surface area contributed by atoms with Gasteiger partial charge in [0, 0.05) is 0 Å². The van der Waals surface area contributed by atoms with E-state index in [-0.39, 0.29) is 23.2 Å². The van der Waals surface area contributed by atoms with Gasteiger partial charge in [-0.15, -0.1) is 0 Å². The number of nitrogens with one attached hydrogen (secondary N) is 1. The lowest BCUT2D eigenvalue weighted by molar-refractivity contribution is -0.173. The van der Waals surface area contributed by atoms with Crippen LogP contribution in [0.5, 0.6) is 5.75 Å². The summed E-state index contributed by atoms with van der Waals surface area (Å²) in [6.07, 6.45) is 4.04. The first-order valence-electron chi connectivity index (χ1n) is 19.8. The summed E-state index contributed by atoms with van der Waals surface area (Å²) in [7, 11) is -4.64. The number of esters is 3. The molecule has 0 amide bonds. The lowest BCUT2D eigenvalue weighted by Crippen LogP contribution is -2.47. The molecule has 0 radical (unpaired) electrons. The van der Waals surface area contributed by atoms with Gasteiger partial charge in [0.25, 0.3) is 0 Å². The summed E-state index contributed by atoms with van der Waals surface area (Å²) in [5.74, 6) is -2.98. The summed E-state index contributed by atoms with van der Waals surface area (Å²) in [6, 6.07) is 11.8. The predicted octanol–water partition coefficient (Wildman–Crippen LogP) is 5.36. The van der Waals surface area contributed by atoms with Crippen molar-refractivity contribution in [3.8, 4) is 11.8 Å². The van der Waals surface area contributed by atoms with Crippen LogP contribution in [0.3, 0.4) is 0 Å². The van der Waals surface area contributed by atoms with E-state index in [0.717, 1.165) is 51.4 Å². The Hall–Kier alpha value is -4.88. The van der Waals surface area contributed by atoms with Gasteiger partial charge in [-0.05, 0) is 68.7 Å². The van der Waals surface area contributed by atoms with Gasteiger partial charge in [0.05, 0.1) is 36.6 Å². The summed E-state index contributed by atoms with van der Waals surface area (Å²) >= 11 is 0. The summed E-state index contributed by atoms with van der Waals surface area (Å²) in [5.41, 5.74) is 3.69. The van der Waals surface area contributed by atoms with Gasteiger partial charge in [0.2, 0.25) is 5.60 Å². The van der Waals surface area contributed by atoms with Crippen LogP contribution in [0.25, 0.3) is 5.52 Å². The Balaban J connectivity index is 1.32. The maximum atomic E-state index is 14.7. The number of ether oxygens (including phenoxy) is 4. The van der Waals surface area contributed by atoms with Crippen LogP contribution in [-0.4, -0.2) is 75.4 Å². The topological polar surface area (TPSA) is 233 Å². The Bertz CT molecular complexity index is 2040. The van der Waals surface area contributed by atoms with Gasteiger partial charge < -0.3 is 34.0 Å². The van der Waals surface area contributed by atoms with E-state index in [1.165, 1.54) is 29.0 Å². The first-order chi connectivity index (χ1) is 27.7. The predicted molar refractivity (Wildman–Crippen MR) is 206 cm³/mol. The zero-order chi connectivity index (χ0) is 41.7. The molecule has 3 N–H and O–H groups in total. The van der Waals surface area contributed by atoms with E-state index in [9.17, 15) is 29.0 Å². The Morgan fingerprint density at radius 3 is 2.34 bits per heavy atom. The van der Waals surface area contributed by atoms with Crippen molar-refractivity contribution in [1.29, 1.82) is 5.26 Å². The highest BCUT2D eigenvalue weighted by Gasteiger charge is 2.63. The molecule has 1 aliphatic heterocycles. The summed E-state index contributed by atoms with van der Waals surface area (Å²) < 4.78 is 52.4. The largest absolute Gasteiger partial charge is 0.459 e. The van der Waals surface area contributed by atoms with Gasteiger partial charge in [-0.3, -0.25) is 18.9 Å². The minimum atomic E-state index is -4.64. The number of fused-ring (bicyclic) bond motifs is 1. The van der Waals surface area contributed by atoms with Crippen LogP contribution in [0, 0.1) is 29.1 Å². The number of para-hydroxylation sites is 1. The number of nitriles is 1. The highest BCUT2D eigenvalue weighted by atomic mass is 31.2. The number of carbonyl (C=O) groups excluding carboxylic acids is 4. The van der Waals surface area contributed by atoms with E-state index in [1.54, 1.807) is 52.0 Å². The van der Waals surface area contributed by atoms with E-state index in [1.807, 2.05) is 0 Å². The van der Waals surface area contributed by atoms with Gasteiger partial charge in [-0.2, -0.15) is 10.4 Å². The van der Waals surface area contributed by atoms with Gasteiger partial charge >= 0.3 is 25.7 Å². The standard InChI is InChI=1S/C40H51N6O11P/c1-25(2)37(49)53-34-31(55-40(23-41,35(34)54-38(50)26(3)4)32-17-16-30-36(42)43-24-44-46(30)32)22-52-58(51,57-29-14-6-5-7-15-29)45-28(21-47)20-33(48)56-39(18-10-11-19-39)27-12-8-9-13-27/h5-7,14-17,21,24-28,31,34-35H,8-13,18-20,22H2,1-4H3,(H,45,51)(H2,42,43,44)/t28-,31+,34+,35+,40-,58-/m0/s1. The molecule has 0 unspecified atom stereocenters. The first kappa shape index (κ1) is 42.7. The van der Waals surface area contributed by atoms with E-state index in [2.05, 4.69) is 21.2 Å². The zero-order valence-electron chi connectivity index (χ0n) is 33.1. The Labute approximate surface area is 336 Å². The molecule has 17 nitrogen and oxygen atoms in total. The lowest BCUT2D eigenvalue weighted by Gasteiger charge is -2.35. The minimum Gasteiger partial charge on any atom is -0.459 e. The quantitative estimate of drug-likeness (QED) is 0.0755. The second-order valence-corrected chi connectivity index (χ2v) is 17.4. The molecule has 2 aromatic heterocycles. The molecular formula is C40H51N6O11P. The van der Waals surface area contributed by atoms with E-state index in [4.69, 9.17) is 33.7 Å². The van der Waals surface area contributed by atoms with Crippen molar-refractivity contribution >= 4 is 43.3 Å². The van der Waals surface area contributed by atoms with Crippen molar-refractivity contribution in [3.63, 3.8) is 0 Å². The molecule has 18 heteroatoms. The fraction of sp³-hybridized carbons (Fsp3) is 0.575. The number of rotatable bonds is 17. The van der Waals surface area contributed by atoms with Crippen molar-refractivity contribution in [2.24, 2.45) is 17.8 Å². The highest BCUT2D eigenvalue weighted by Crippen LogP contribution is 2.50. The number of hydrogen-bond donors (Lipinski definition) is 2. The van der Waals surface area contributed by atoms with Crippen molar-refractivity contribution in [2.75, 3.05) is 12.3 Å². The van der Waals surface area contributed by atoms with Crippen LogP contribution in [-0.2, 0) is 52.8 Å². The second-order valence-electron chi connectivity index (χ2n) is 15.7. The molecular weight excluding hydrogens is 771 g/mol. The molecule has 3 heterocycles. The van der Waals surface area contributed by atoms with Gasteiger partial charge in [-0.1, -0.05) is 58.7 Å². The molecule has 0 spiro atoms. The van der Waals surface area contributed by atoms with Crippen molar-refractivity contribution in [1.82, 2.24) is 19.7 Å². The fourth-order valence-electron chi connectivity index (χ4n) is 8.01. The van der Waals surface area contributed by atoms with Crippen LogP contribution in [0.15, 0.2) is 48.8 Å². The number of nitrogen functional groups attached to an aromatic ring is 1. The van der Waals surface area contributed by atoms with E-state index >= 15 is 0 Å². The molecule has 1 saturated heterocycles. The molecule has 6 rings (SSSR count). The summed E-state index contributed by atoms with van der Waals surface area (Å²) in [6.45, 7) is 5.66. The van der Waals surface area contributed by atoms with Gasteiger partial charge in [0.15, 0.2) is 18.0 Å². The average Bonchev–Trinajstić information content (AvgIpc) is 4.02. The third kappa shape index (κ3) is 9.05. The molecule has 1 aromatic carbocycles. The van der Waals surface area contributed by atoms with Crippen LogP contribution in [0.1, 0.15) is 91.2 Å². The number of aromatic nitrogens is 3. The molecule has 58 heavy (non-hydrogen) atoms. The molecule has 0 bridgehead atoms. The molecule has 3 fully saturated rings. The van der Waals surface area contributed by atoms with Crippen molar-refractivity contribution in [2.45, 2.75) is 121 Å². The number of anilines is 1. The van der Waals surface area contributed by atoms with E-state index in [0.29, 0.717) is 11.8 Å². The van der Waals surface area contributed by atoms with Crippen LogP contribution >= 0.6 is 7.75 Å². The average molecular weight is 823 g/mol. The Morgan fingerprint density at radius 1 is 1.03 bits per heavy atom. The van der Waals surface area contributed by atoms with Crippen molar-refractivity contribution in [3.05, 3.63) is 54.5 Å². The SMILES string of the molecule is CC(C)C(=O)O[C@H]1[C@@H](OC(=O)C(C)C)[C@](C#N)(c2ccc3c(N)ncnn23)O[C@@H]1CO[P@@](=O)(N[C@H](C=O)CC(=O)OC1(C2CCCC2)CCCC1)Oc1ccccc1. The number of nitrogens with two attached hydrogens (primary N) is 1. The highest BCUT2D eigenvalue weighted by molar-refractivity contribution is 7.52. The number of carbonyl (C=O) groups is 4. The second kappa shape index (κ2) is 17.9. The Morgan fingerprint density at radius 2 is 1.71 bits per heavy atom. The molecule has 3 aromatic rings. The van der Waals surface area contributed by atoms with Crippen LogP contribution < -0.4 is 15.3 Å². The molecule has 3 aliphatic rings. The molecule has 6 atom stereocenters. The van der Waals surface area contributed by atoms with Crippen LogP contribution in [0.4, 0.5) is 5.82 Å². The summed E-state index contributed by atoms with van der Waals surface area (Å²) in [4.78, 5) is 56.6. The third-order valence-electron chi connectivity index (χ3n) is 11.0. The number of aldehydes is 1. The minimum absolute atomic E-state index is 0.0627. The lowest BCUT2D eigenvalue weighted by atomic mass is 9.84. The zero-order valence-corrected chi connectivity index (χ0v) is 34.0.